The fourth-order valence-corrected chi connectivity index (χ4v) is 3.75. The molecule has 2 fully saturated rings. The van der Waals surface area contributed by atoms with E-state index in [-0.39, 0.29) is 17.9 Å². The van der Waals surface area contributed by atoms with E-state index in [2.05, 4.69) is 27.7 Å². The number of nitrogens with zero attached hydrogens (tertiary/aromatic N) is 1. The highest BCUT2D eigenvalue weighted by Gasteiger charge is 2.36. The summed E-state index contributed by atoms with van der Waals surface area (Å²) in [6.45, 7) is 7.19. The second-order valence-corrected chi connectivity index (χ2v) is 7.66. The average molecular weight is 359 g/mol. The van der Waals surface area contributed by atoms with Crippen LogP contribution in [-0.4, -0.2) is 49.7 Å². The van der Waals surface area contributed by atoms with Crippen molar-refractivity contribution in [2.45, 2.75) is 51.1 Å². The summed E-state index contributed by atoms with van der Waals surface area (Å²) >= 11 is 0. The van der Waals surface area contributed by atoms with Crippen molar-refractivity contribution in [1.82, 2.24) is 10.6 Å². The molecule has 2 aliphatic rings. The first-order valence-electron chi connectivity index (χ1n) is 9.47. The van der Waals surface area contributed by atoms with Gasteiger partial charge in [-0.05, 0) is 38.3 Å². The number of ether oxygens (including phenoxy) is 1. The minimum Gasteiger partial charge on any atom is -0.378 e. The highest BCUT2D eigenvalue weighted by atomic mass is 16.5. The SMILES string of the molecule is CC1(C)NC(=O)CCC1NC(=O)CCc1ccccc1N1CCOCC1. The Kier molecular flexibility index (Phi) is 5.81. The third-order valence-corrected chi connectivity index (χ3v) is 5.29. The van der Waals surface area contributed by atoms with Gasteiger partial charge in [0.15, 0.2) is 0 Å². The molecule has 1 aromatic carbocycles. The predicted octanol–water partition coefficient (Wildman–Crippen LogP) is 1.63. The van der Waals surface area contributed by atoms with Gasteiger partial charge in [-0.2, -0.15) is 0 Å². The standard InChI is InChI=1S/C20H29N3O3/c1-20(2)17(8-10-19(25)22-20)21-18(24)9-7-15-5-3-4-6-16(15)23-11-13-26-14-12-23/h3-6,17H,7-14H2,1-2H3,(H,21,24)(H,22,25). The summed E-state index contributed by atoms with van der Waals surface area (Å²) in [5.41, 5.74) is 1.99. The van der Waals surface area contributed by atoms with Crippen LogP contribution in [0.25, 0.3) is 0 Å². The van der Waals surface area contributed by atoms with Gasteiger partial charge in [0, 0.05) is 31.6 Å². The van der Waals surface area contributed by atoms with E-state index in [9.17, 15) is 9.59 Å². The molecule has 1 unspecified atom stereocenters. The molecule has 2 aliphatic heterocycles. The Morgan fingerprint density at radius 1 is 1.31 bits per heavy atom. The van der Waals surface area contributed by atoms with Gasteiger partial charge in [0.25, 0.3) is 0 Å². The van der Waals surface area contributed by atoms with Crippen molar-refractivity contribution >= 4 is 17.5 Å². The van der Waals surface area contributed by atoms with Gasteiger partial charge in [0.2, 0.25) is 11.8 Å². The molecular weight excluding hydrogens is 330 g/mol. The third-order valence-electron chi connectivity index (χ3n) is 5.29. The fraction of sp³-hybridized carbons (Fsp3) is 0.600. The number of amides is 2. The van der Waals surface area contributed by atoms with Crippen LogP contribution in [0.5, 0.6) is 0 Å². The first kappa shape index (κ1) is 18.7. The lowest BCUT2D eigenvalue weighted by Gasteiger charge is -2.39. The Morgan fingerprint density at radius 2 is 2.04 bits per heavy atom. The minimum atomic E-state index is -0.406. The number of para-hydroxylation sites is 1. The van der Waals surface area contributed by atoms with Crippen LogP contribution in [0.1, 0.15) is 38.7 Å². The number of hydrogen-bond donors (Lipinski definition) is 2. The van der Waals surface area contributed by atoms with Crippen molar-refractivity contribution in [3.63, 3.8) is 0 Å². The third kappa shape index (κ3) is 4.55. The molecule has 0 saturated carbocycles. The van der Waals surface area contributed by atoms with E-state index in [0.29, 0.717) is 25.7 Å². The Hall–Kier alpha value is -2.08. The summed E-state index contributed by atoms with van der Waals surface area (Å²) in [4.78, 5) is 26.4. The van der Waals surface area contributed by atoms with E-state index in [1.807, 2.05) is 26.0 Å². The molecule has 0 radical (unpaired) electrons. The maximum absolute atomic E-state index is 12.5. The molecule has 6 nitrogen and oxygen atoms in total. The smallest absolute Gasteiger partial charge is 0.220 e. The molecule has 0 bridgehead atoms. The molecule has 3 rings (SSSR count). The molecule has 1 atom stereocenters. The number of nitrogens with one attached hydrogen (secondary N) is 2. The number of rotatable bonds is 5. The zero-order chi connectivity index (χ0) is 18.6. The maximum Gasteiger partial charge on any atom is 0.220 e. The minimum absolute atomic E-state index is 0.0258. The lowest BCUT2D eigenvalue weighted by atomic mass is 9.86. The van der Waals surface area contributed by atoms with Crippen LogP contribution >= 0.6 is 0 Å². The van der Waals surface area contributed by atoms with Crippen molar-refractivity contribution in [2.24, 2.45) is 0 Å². The van der Waals surface area contributed by atoms with E-state index < -0.39 is 5.54 Å². The molecule has 2 N–H and O–H groups in total. The topological polar surface area (TPSA) is 70.7 Å². The largest absolute Gasteiger partial charge is 0.378 e. The zero-order valence-electron chi connectivity index (χ0n) is 15.7. The van der Waals surface area contributed by atoms with Gasteiger partial charge in [-0.15, -0.1) is 0 Å². The van der Waals surface area contributed by atoms with Gasteiger partial charge in [-0.3, -0.25) is 9.59 Å². The summed E-state index contributed by atoms with van der Waals surface area (Å²) in [6.07, 6.45) is 2.31. The monoisotopic (exact) mass is 359 g/mol. The summed E-state index contributed by atoms with van der Waals surface area (Å²) in [7, 11) is 0. The highest BCUT2D eigenvalue weighted by molar-refractivity contribution is 5.80. The van der Waals surface area contributed by atoms with E-state index in [1.165, 1.54) is 11.3 Å². The fourth-order valence-electron chi connectivity index (χ4n) is 3.75. The second kappa shape index (κ2) is 8.08. The summed E-state index contributed by atoms with van der Waals surface area (Å²) in [6, 6.07) is 8.27. The second-order valence-electron chi connectivity index (χ2n) is 7.66. The Balaban J connectivity index is 1.57. The zero-order valence-corrected chi connectivity index (χ0v) is 15.7. The van der Waals surface area contributed by atoms with E-state index in [1.54, 1.807) is 0 Å². The molecule has 2 heterocycles. The van der Waals surface area contributed by atoms with Gasteiger partial charge >= 0.3 is 0 Å². The number of benzene rings is 1. The molecule has 26 heavy (non-hydrogen) atoms. The van der Waals surface area contributed by atoms with Crippen LogP contribution in [0.2, 0.25) is 0 Å². The number of hydrogen-bond acceptors (Lipinski definition) is 4. The van der Waals surface area contributed by atoms with Crippen LogP contribution in [0.4, 0.5) is 5.69 Å². The Bertz CT molecular complexity index is 653. The van der Waals surface area contributed by atoms with Gasteiger partial charge in [-0.1, -0.05) is 18.2 Å². The molecule has 0 spiro atoms. The van der Waals surface area contributed by atoms with Gasteiger partial charge in [-0.25, -0.2) is 0 Å². The molecule has 2 saturated heterocycles. The van der Waals surface area contributed by atoms with Gasteiger partial charge < -0.3 is 20.3 Å². The van der Waals surface area contributed by atoms with Crippen molar-refractivity contribution in [3.05, 3.63) is 29.8 Å². The van der Waals surface area contributed by atoms with Crippen molar-refractivity contribution in [3.8, 4) is 0 Å². The predicted molar refractivity (Wildman–Crippen MR) is 101 cm³/mol. The van der Waals surface area contributed by atoms with Crippen LogP contribution in [0.3, 0.4) is 0 Å². The van der Waals surface area contributed by atoms with E-state index in [4.69, 9.17) is 4.74 Å². The molecule has 0 aromatic heterocycles. The number of morpholine rings is 1. The number of aryl methyl sites for hydroxylation is 1. The van der Waals surface area contributed by atoms with E-state index in [0.717, 1.165) is 26.3 Å². The number of anilines is 1. The first-order valence-corrected chi connectivity index (χ1v) is 9.47. The molecule has 6 heteroatoms. The Labute approximate surface area is 155 Å². The van der Waals surface area contributed by atoms with Crippen LogP contribution in [0, 0.1) is 0 Å². The van der Waals surface area contributed by atoms with E-state index >= 15 is 0 Å². The molecule has 142 valence electrons. The summed E-state index contributed by atoms with van der Waals surface area (Å²) < 4.78 is 5.44. The van der Waals surface area contributed by atoms with Crippen molar-refractivity contribution in [1.29, 1.82) is 0 Å². The molecule has 0 aliphatic carbocycles. The van der Waals surface area contributed by atoms with Crippen LogP contribution in [0.15, 0.2) is 24.3 Å². The molecular formula is C20H29N3O3. The van der Waals surface area contributed by atoms with Gasteiger partial charge in [0.1, 0.15) is 0 Å². The van der Waals surface area contributed by atoms with Gasteiger partial charge in [0.05, 0.1) is 24.8 Å². The first-order chi connectivity index (χ1) is 12.5. The maximum atomic E-state index is 12.5. The quantitative estimate of drug-likeness (QED) is 0.838. The van der Waals surface area contributed by atoms with Crippen LogP contribution < -0.4 is 15.5 Å². The molecule has 1 aromatic rings. The Morgan fingerprint density at radius 3 is 2.77 bits per heavy atom. The lowest BCUT2D eigenvalue weighted by molar-refractivity contribution is -0.128. The summed E-state index contributed by atoms with van der Waals surface area (Å²) in [5.74, 6) is 0.0935. The lowest BCUT2D eigenvalue weighted by Crippen LogP contribution is -2.62. The number of carbonyl (C=O) groups is 2. The van der Waals surface area contributed by atoms with Crippen LogP contribution in [-0.2, 0) is 20.7 Å². The average Bonchev–Trinajstić information content (AvgIpc) is 2.63. The van der Waals surface area contributed by atoms with Crippen molar-refractivity contribution in [2.75, 3.05) is 31.2 Å². The normalized spacial score (nSPS) is 22.6. The number of carbonyl (C=O) groups excluding carboxylic acids is 2. The highest BCUT2D eigenvalue weighted by Crippen LogP contribution is 2.23. The summed E-state index contributed by atoms with van der Waals surface area (Å²) in [5, 5.41) is 6.08. The number of piperidine rings is 1. The molecule has 2 amide bonds. The van der Waals surface area contributed by atoms with Crippen molar-refractivity contribution < 1.29 is 14.3 Å².